The summed E-state index contributed by atoms with van der Waals surface area (Å²) in [5.74, 6) is -1.09. The van der Waals surface area contributed by atoms with Gasteiger partial charge in [0.25, 0.3) is 0 Å². The molecule has 154 valence electrons. The molecule has 0 saturated carbocycles. The second-order valence-corrected chi connectivity index (χ2v) is 9.18. The van der Waals surface area contributed by atoms with Crippen molar-refractivity contribution >= 4 is 29.5 Å². The van der Waals surface area contributed by atoms with Crippen LogP contribution in [-0.4, -0.2) is 63.3 Å². The molecule has 1 amide bonds. The van der Waals surface area contributed by atoms with Gasteiger partial charge in [0, 0.05) is 29.0 Å². The van der Waals surface area contributed by atoms with Crippen molar-refractivity contribution in [3.8, 4) is 0 Å². The molecule has 0 radical (unpaired) electrons. The third-order valence-electron chi connectivity index (χ3n) is 5.84. The number of hydrogen-bond acceptors (Lipinski definition) is 6. The largest absolute Gasteiger partial charge is 0.477 e. The summed E-state index contributed by atoms with van der Waals surface area (Å²) in [4.78, 5) is 31.1. The smallest absolute Gasteiger partial charge is 0.353 e. The number of carboxylic acid groups (broad SMARTS) is 1. The lowest BCUT2D eigenvalue weighted by atomic mass is 9.79. The Bertz CT molecular complexity index is 883. The van der Waals surface area contributed by atoms with Gasteiger partial charge in [0.15, 0.2) is 0 Å². The highest BCUT2D eigenvalue weighted by Crippen LogP contribution is 2.51. The summed E-state index contributed by atoms with van der Waals surface area (Å²) >= 11 is 1.50. The van der Waals surface area contributed by atoms with Crippen LogP contribution < -0.4 is 5.32 Å². The first-order valence-corrected chi connectivity index (χ1v) is 10.7. The van der Waals surface area contributed by atoms with E-state index in [0.717, 1.165) is 12.3 Å². The van der Waals surface area contributed by atoms with Crippen LogP contribution in [0.5, 0.6) is 0 Å². The summed E-state index contributed by atoms with van der Waals surface area (Å²) in [7, 11) is 0. The molecule has 29 heavy (non-hydrogen) atoms. The number of rotatable bonds is 6. The number of amides is 1. The Balaban J connectivity index is 1.46. The van der Waals surface area contributed by atoms with Gasteiger partial charge in [0.1, 0.15) is 11.5 Å². The van der Waals surface area contributed by atoms with Gasteiger partial charge in [-0.2, -0.15) is 0 Å². The SMILES string of the molecule is CC(O)C1C(=O)N2C(C(=O)O)=C(SC3CN=C(Cc4ccccc4)NC3)C(C)[C@H]12. The van der Waals surface area contributed by atoms with E-state index in [1.807, 2.05) is 25.1 Å². The minimum absolute atomic E-state index is 0.0773. The van der Waals surface area contributed by atoms with Crippen molar-refractivity contribution in [1.29, 1.82) is 0 Å². The Labute approximate surface area is 173 Å². The standard InChI is InChI=1S/C21H25N3O4S/c1-11-17-16(12(2)25)20(26)24(17)18(21(27)28)19(11)29-14-9-22-15(23-10-14)8-13-6-4-3-5-7-13/h3-7,11-12,14,16-17,25H,8-10H2,1-2H3,(H,22,23)(H,27,28)/t11?,12?,16?,17-/m1/s1. The number of fused-ring (bicyclic) bond motifs is 1. The zero-order valence-corrected chi connectivity index (χ0v) is 17.2. The predicted octanol–water partition coefficient (Wildman–Crippen LogP) is 1.49. The Hall–Kier alpha value is -2.32. The van der Waals surface area contributed by atoms with Gasteiger partial charge in [0.2, 0.25) is 5.91 Å². The fraction of sp³-hybridized carbons (Fsp3) is 0.476. The van der Waals surface area contributed by atoms with Gasteiger partial charge in [-0.25, -0.2) is 4.79 Å². The summed E-state index contributed by atoms with van der Waals surface area (Å²) in [5, 5.41) is 23.1. The summed E-state index contributed by atoms with van der Waals surface area (Å²) in [5.41, 5.74) is 1.27. The van der Waals surface area contributed by atoms with E-state index in [-0.39, 0.29) is 28.8 Å². The molecular formula is C21H25N3O4S. The Morgan fingerprint density at radius 3 is 2.69 bits per heavy atom. The summed E-state index contributed by atoms with van der Waals surface area (Å²) < 4.78 is 0. The number of thioether (sulfide) groups is 1. The number of amidine groups is 1. The van der Waals surface area contributed by atoms with Crippen molar-refractivity contribution in [2.45, 2.75) is 37.7 Å². The van der Waals surface area contributed by atoms with E-state index in [4.69, 9.17) is 0 Å². The van der Waals surface area contributed by atoms with Crippen molar-refractivity contribution < 1.29 is 19.8 Å². The summed E-state index contributed by atoms with van der Waals surface area (Å²) in [6.07, 6.45) is -0.0370. The fourth-order valence-electron chi connectivity index (χ4n) is 4.41. The zero-order chi connectivity index (χ0) is 20.7. The average Bonchev–Trinajstić information content (AvgIpc) is 2.93. The van der Waals surface area contributed by atoms with Crippen molar-refractivity contribution in [3.05, 3.63) is 46.5 Å². The highest BCUT2D eigenvalue weighted by molar-refractivity contribution is 8.03. The number of carboxylic acids is 1. The van der Waals surface area contributed by atoms with E-state index in [2.05, 4.69) is 22.4 Å². The first-order valence-electron chi connectivity index (χ1n) is 9.85. The molecule has 1 aromatic carbocycles. The molecule has 1 saturated heterocycles. The number of aliphatic imine (C=N–C) groups is 1. The number of nitrogens with one attached hydrogen (secondary N) is 1. The number of carbonyl (C=O) groups is 2. The topological polar surface area (TPSA) is 102 Å². The molecule has 4 rings (SSSR count). The molecule has 1 aromatic rings. The van der Waals surface area contributed by atoms with Crippen LogP contribution in [0, 0.1) is 11.8 Å². The normalized spacial score (nSPS) is 29.7. The molecule has 5 atom stereocenters. The number of aliphatic hydroxyl groups is 1. The molecule has 3 N–H and O–H groups in total. The van der Waals surface area contributed by atoms with Crippen LogP contribution in [0.15, 0.2) is 45.9 Å². The maximum absolute atomic E-state index is 12.4. The lowest BCUT2D eigenvalue weighted by Crippen LogP contribution is -2.63. The molecule has 0 bridgehead atoms. The lowest BCUT2D eigenvalue weighted by molar-refractivity contribution is -0.163. The number of aliphatic hydroxyl groups excluding tert-OH is 1. The first kappa shape index (κ1) is 20.0. The lowest BCUT2D eigenvalue weighted by Gasteiger charge is -2.46. The minimum Gasteiger partial charge on any atom is -0.477 e. The number of benzene rings is 1. The van der Waals surface area contributed by atoms with E-state index >= 15 is 0 Å². The predicted molar refractivity (Wildman–Crippen MR) is 111 cm³/mol. The van der Waals surface area contributed by atoms with E-state index < -0.39 is 18.0 Å². The maximum Gasteiger partial charge on any atom is 0.353 e. The third-order valence-corrected chi connectivity index (χ3v) is 7.31. The van der Waals surface area contributed by atoms with Gasteiger partial charge < -0.3 is 20.4 Å². The Morgan fingerprint density at radius 1 is 1.38 bits per heavy atom. The molecule has 3 aliphatic heterocycles. The van der Waals surface area contributed by atoms with Gasteiger partial charge in [-0.3, -0.25) is 9.79 Å². The monoisotopic (exact) mass is 415 g/mol. The maximum atomic E-state index is 12.4. The zero-order valence-electron chi connectivity index (χ0n) is 16.4. The number of β-lactam (4-membered cyclic amide) rings is 1. The number of aliphatic carboxylic acids is 1. The molecule has 7 nitrogen and oxygen atoms in total. The van der Waals surface area contributed by atoms with Crippen LogP contribution in [0.25, 0.3) is 0 Å². The summed E-state index contributed by atoms with van der Waals surface area (Å²) in [6, 6.07) is 9.85. The second kappa shape index (κ2) is 7.84. The Morgan fingerprint density at radius 2 is 2.10 bits per heavy atom. The third kappa shape index (κ3) is 3.55. The number of carbonyl (C=O) groups excluding carboxylic acids is 1. The van der Waals surface area contributed by atoms with Crippen molar-refractivity contribution in [2.24, 2.45) is 16.8 Å². The van der Waals surface area contributed by atoms with Crippen LogP contribution in [0.2, 0.25) is 0 Å². The highest BCUT2D eigenvalue weighted by Gasteiger charge is 2.60. The van der Waals surface area contributed by atoms with Gasteiger partial charge in [-0.1, -0.05) is 37.3 Å². The van der Waals surface area contributed by atoms with Crippen molar-refractivity contribution in [2.75, 3.05) is 13.1 Å². The quantitative estimate of drug-likeness (QED) is 0.609. The molecule has 4 unspecified atom stereocenters. The fourth-order valence-corrected chi connectivity index (χ4v) is 5.74. The summed E-state index contributed by atoms with van der Waals surface area (Å²) in [6.45, 7) is 4.82. The number of hydrogen-bond donors (Lipinski definition) is 3. The van der Waals surface area contributed by atoms with E-state index in [0.29, 0.717) is 18.0 Å². The molecular weight excluding hydrogens is 390 g/mol. The second-order valence-electron chi connectivity index (χ2n) is 7.84. The van der Waals surface area contributed by atoms with Crippen LogP contribution in [-0.2, 0) is 16.0 Å². The molecule has 0 aliphatic carbocycles. The van der Waals surface area contributed by atoms with Crippen LogP contribution >= 0.6 is 11.8 Å². The van der Waals surface area contributed by atoms with Crippen LogP contribution in [0.3, 0.4) is 0 Å². The van der Waals surface area contributed by atoms with E-state index in [1.54, 1.807) is 6.92 Å². The highest BCUT2D eigenvalue weighted by atomic mass is 32.2. The van der Waals surface area contributed by atoms with Gasteiger partial charge in [-0.05, 0) is 12.5 Å². The molecule has 1 fully saturated rings. The van der Waals surface area contributed by atoms with Gasteiger partial charge in [-0.15, -0.1) is 11.8 Å². The van der Waals surface area contributed by atoms with E-state index in [9.17, 15) is 19.8 Å². The van der Waals surface area contributed by atoms with Crippen LogP contribution in [0.4, 0.5) is 0 Å². The average molecular weight is 416 g/mol. The van der Waals surface area contributed by atoms with Crippen molar-refractivity contribution in [1.82, 2.24) is 10.2 Å². The Kier molecular flexibility index (Phi) is 5.40. The first-order chi connectivity index (χ1) is 13.9. The molecule has 0 aromatic heterocycles. The van der Waals surface area contributed by atoms with Gasteiger partial charge in [0.05, 0.1) is 24.6 Å². The molecule has 0 spiro atoms. The molecule has 8 heteroatoms. The van der Waals surface area contributed by atoms with Crippen molar-refractivity contribution in [3.63, 3.8) is 0 Å². The van der Waals surface area contributed by atoms with Crippen LogP contribution in [0.1, 0.15) is 19.4 Å². The molecule has 3 aliphatic rings. The van der Waals surface area contributed by atoms with Gasteiger partial charge >= 0.3 is 5.97 Å². The molecule has 3 heterocycles. The van der Waals surface area contributed by atoms with E-state index in [1.165, 1.54) is 22.2 Å². The minimum atomic E-state index is -1.09. The number of nitrogens with zero attached hydrogens (tertiary/aromatic N) is 2.